The van der Waals surface area contributed by atoms with Gasteiger partial charge in [0, 0.05) is 12.1 Å². The molecule has 0 bridgehead atoms. The van der Waals surface area contributed by atoms with E-state index in [-0.39, 0.29) is 22.4 Å². The van der Waals surface area contributed by atoms with Gasteiger partial charge in [-0.25, -0.2) is 0 Å². The van der Waals surface area contributed by atoms with Gasteiger partial charge in [0.05, 0.1) is 10.3 Å². The van der Waals surface area contributed by atoms with Crippen LogP contribution in [0, 0.1) is 10.1 Å². The number of non-ortho nitro benzene ring substituents is 1. The number of carbonyl (C=O) groups is 1. The number of hydrogen-bond acceptors (Lipinski definition) is 4. The number of benzene rings is 1. The van der Waals surface area contributed by atoms with Gasteiger partial charge in [0.2, 0.25) is 0 Å². The average molecular weight is 206 g/mol. The molecule has 0 saturated carbocycles. The van der Waals surface area contributed by atoms with Crippen molar-refractivity contribution in [1.29, 1.82) is 0 Å². The lowest BCUT2D eigenvalue weighted by Crippen LogP contribution is -2.08. The fraction of sp³-hybridized carbons (Fsp3) is 0. The number of nitrogens with zero attached hydrogens (tertiary/aromatic N) is 1. The van der Waals surface area contributed by atoms with Crippen molar-refractivity contribution in [3.05, 3.63) is 40.1 Å². The Kier molecular flexibility index (Phi) is 1.89. The molecule has 0 spiro atoms. The van der Waals surface area contributed by atoms with E-state index in [0.29, 0.717) is 0 Å². The van der Waals surface area contributed by atoms with E-state index in [0.717, 1.165) is 0 Å². The Morgan fingerprint density at radius 2 is 2.20 bits per heavy atom. The number of carbonyl (C=O) groups excluding carboxylic acids is 1. The van der Waals surface area contributed by atoms with E-state index in [2.05, 4.69) is 0 Å². The lowest BCUT2D eigenvalue weighted by atomic mass is 10.2. The molecule has 0 unspecified atom stereocenters. The first kappa shape index (κ1) is 9.20. The number of hydrogen-bond donors (Lipinski definition) is 1. The van der Waals surface area contributed by atoms with Gasteiger partial charge in [-0.15, -0.1) is 0 Å². The van der Waals surface area contributed by atoms with Crippen LogP contribution >= 0.6 is 0 Å². The third kappa shape index (κ3) is 1.41. The molecule has 1 heterocycles. The molecule has 0 atom stereocenters. The van der Waals surface area contributed by atoms with Gasteiger partial charge in [0.1, 0.15) is 5.58 Å². The van der Waals surface area contributed by atoms with Crippen LogP contribution in [0.4, 0.5) is 5.69 Å². The molecule has 76 valence electrons. The Morgan fingerprint density at radius 3 is 2.80 bits per heavy atom. The SMILES string of the molecule is NC(=O)c1cc2c([N+](=O)[O-])cccc2o1. The summed E-state index contributed by atoms with van der Waals surface area (Å²) >= 11 is 0. The molecule has 2 N–H and O–H groups in total. The third-order valence-corrected chi connectivity index (χ3v) is 1.98. The second-order valence-electron chi connectivity index (χ2n) is 2.92. The monoisotopic (exact) mass is 206 g/mol. The molecule has 15 heavy (non-hydrogen) atoms. The van der Waals surface area contributed by atoms with Gasteiger partial charge in [-0.2, -0.15) is 0 Å². The van der Waals surface area contributed by atoms with Crippen molar-refractivity contribution in [1.82, 2.24) is 0 Å². The number of furan rings is 1. The van der Waals surface area contributed by atoms with Gasteiger partial charge in [-0.1, -0.05) is 6.07 Å². The highest BCUT2D eigenvalue weighted by atomic mass is 16.6. The van der Waals surface area contributed by atoms with E-state index in [1.165, 1.54) is 24.3 Å². The van der Waals surface area contributed by atoms with Gasteiger partial charge in [0.15, 0.2) is 5.76 Å². The van der Waals surface area contributed by atoms with Crippen LogP contribution in [0.5, 0.6) is 0 Å². The zero-order valence-corrected chi connectivity index (χ0v) is 7.47. The van der Waals surface area contributed by atoms with Crippen LogP contribution < -0.4 is 5.73 Å². The molecule has 1 aromatic carbocycles. The number of nitro groups is 1. The minimum atomic E-state index is -0.750. The summed E-state index contributed by atoms with van der Waals surface area (Å²) in [7, 11) is 0. The highest BCUT2D eigenvalue weighted by molar-refractivity contribution is 5.97. The predicted molar refractivity (Wildman–Crippen MR) is 51.4 cm³/mol. The first-order valence-corrected chi connectivity index (χ1v) is 4.06. The summed E-state index contributed by atoms with van der Waals surface area (Å²) < 4.78 is 5.04. The maximum Gasteiger partial charge on any atom is 0.284 e. The third-order valence-electron chi connectivity index (χ3n) is 1.98. The van der Waals surface area contributed by atoms with Crippen LogP contribution in [0.15, 0.2) is 28.7 Å². The van der Waals surface area contributed by atoms with Crippen molar-refractivity contribution < 1.29 is 14.1 Å². The molecular formula is C9H6N2O4. The zero-order chi connectivity index (χ0) is 11.0. The summed E-state index contributed by atoms with van der Waals surface area (Å²) in [4.78, 5) is 20.9. The van der Waals surface area contributed by atoms with E-state index in [1.807, 2.05) is 0 Å². The Bertz CT molecular complexity index is 558. The molecule has 1 aromatic heterocycles. The topological polar surface area (TPSA) is 99.4 Å². The second kappa shape index (κ2) is 3.09. The number of rotatable bonds is 2. The Hall–Kier alpha value is -2.37. The van der Waals surface area contributed by atoms with Crippen molar-refractivity contribution in [3.8, 4) is 0 Å². The van der Waals surface area contributed by atoms with Crippen molar-refractivity contribution in [2.45, 2.75) is 0 Å². The largest absolute Gasteiger partial charge is 0.451 e. The predicted octanol–water partition coefficient (Wildman–Crippen LogP) is 1.44. The van der Waals surface area contributed by atoms with E-state index in [9.17, 15) is 14.9 Å². The number of nitrogens with two attached hydrogens (primary N) is 1. The molecule has 0 radical (unpaired) electrons. The van der Waals surface area contributed by atoms with E-state index in [4.69, 9.17) is 10.2 Å². The number of fused-ring (bicyclic) bond motifs is 1. The fourth-order valence-corrected chi connectivity index (χ4v) is 1.33. The molecule has 0 fully saturated rings. The maximum absolute atomic E-state index is 10.8. The molecule has 2 rings (SSSR count). The van der Waals surface area contributed by atoms with Crippen molar-refractivity contribution in [2.24, 2.45) is 5.73 Å². The lowest BCUT2D eigenvalue weighted by molar-refractivity contribution is -0.383. The van der Waals surface area contributed by atoms with Crippen LogP contribution in [0.3, 0.4) is 0 Å². The van der Waals surface area contributed by atoms with Crippen molar-refractivity contribution >= 4 is 22.6 Å². The normalized spacial score (nSPS) is 10.4. The van der Waals surface area contributed by atoms with E-state index < -0.39 is 10.8 Å². The summed E-state index contributed by atoms with van der Waals surface area (Å²) in [6.45, 7) is 0. The molecule has 6 nitrogen and oxygen atoms in total. The fourth-order valence-electron chi connectivity index (χ4n) is 1.33. The summed E-state index contributed by atoms with van der Waals surface area (Å²) in [5.41, 5.74) is 5.17. The summed E-state index contributed by atoms with van der Waals surface area (Å²) in [5.74, 6) is -0.834. The van der Waals surface area contributed by atoms with E-state index in [1.54, 1.807) is 0 Å². The summed E-state index contributed by atoms with van der Waals surface area (Å²) in [5, 5.41) is 10.9. The summed E-state index contributed by atoms with van der Waals surface area (Å²) in [6.07, 6.45) is 0. The molecule has 2 aromatic rings. The first-order valence-electron chi connectivity index (χ1n) is 4.06. The van der Waals surface area contributed by atoms with Gasteiger partial charge in [-0.3, -0.25) is 14.9 Å². The van der Waals surface area contributed by atoms with Crippen LogP contribution in [0.2, 0.25) is 0 Å². The maximum atomic E-state index is 10.8. The highest BCUT2D eigenvalue weighted by Crippen LogP contribution is 2.27. The molecular weight excluding hydrogens is 200 g/mol. The number of primary amides is 1. The first-order chi connectivity index (χ1) is 7.09. The highest BCUT2D eigenvalue weighted by Gasteiger charge is 2.17. The molecule has 0 aliphatic heterocycles. The van der Waals surface area contributed by atoms with Gasteiger partial charge < -0.3 is 10.2 Å². The smallest absolute Gasteiger partial charge is 0.284 e. The molecule has 0 aliphatic carbocycles. The van der Waals surface area contributed by atoms with Gasteiger partial charge in [-0.05, 0) is 6.07 Å². The van der Waals surface area contributed by atoms with Crippen LogP contribution in [0.1, 0.15) is 10.6 Å². The Balaban J connectivity index is 2.75. The van der Waals surface area contributed by atoms with E-state index >= 15 is 0 Å². The van der Waals surface area contributed by atoms with Crippen molar-refractivity contribution in [3.63, 3.8) is 0 Å². The van der Waals surface area contributed by atoms with Crippen LogP contribution in [0.25, 0.3) is 11.0 Å². The standard InChI is InChI=1S/C9H6N2O4/c10-9(12)8-4-5-6(11(13)14)2-1-3-7(5)15-8/h1-4H,(H2,10,12). The number of amides is 1. The molecule has 6 heteroatoms. The average Bonchev–Trinajstić information content (AvgIpc) is 2.60. The van der Waals surface area contributed by atoms with Gasteiger partial charge in [0.25, 0.3) is 11.6 Å². The summed E-state index contributed by atoms with van der Waals surface area (Å²) in [6, 6.07) is 5.63. The zero-order valence-electron chi connectivity index (χ0n) is 7.47. The van der Waals surface area contributed by atoms with Crippen molar-refractivity contribution in [2.75, 3.05) is 0 Å². The molecule has 1 amide bonds. The Morgan fingerprint density at radius 1 is 1.47 bits per heavy atom. The number of nitro benzene ring substituents is 1. The lowest BCUT2D eigenvalue weighted by Gasteiger charge is -1.90. The molecule has 0 saturated heterocycles. The Labute approximate surface area is 83.4 Å². The molecule has 0 aliphatic rings. The van der Waals surface area contributed by atoms with Gasteiger partial charge >= 0.3 is 0 Å². The van der Waals surface area contributed by atoms with Crippen LogP contribution in [-0.2, 0) is 0 Å². The minimum absolute atomic E-state index is 0.0840. The second-order valence-corrected chi connectivity index (χ2v) is 2.92. The minimum Gasteiger partial charge on any atom is -0.451 e. The van der Waals surface area contributed by atoms with Crippen LogP contribution in [-0.4, -0.2) is 10.8 Å². The quantitative estimate of drug-likeness (QED) is 0.593.